The van der Waals surface area contributed by atoms with Gasteiger partial charge in [0.15, 0.2) is 13.9 Å². The number of methoxy groups -OCH3 is 3. The van der Waals surface area contributed by atoms with Crippen LogP contribution in [0, 0.1) is 0 Å². The summed E-state index contributed by atoms with van der Waals surface area (Å²) in [5.74, 6) is -1.08. The van der Waals surface area contributed by atoms with Gasteiger partial charge in [-0.05, 0) is 29.8 Å². The Labute approximate surface area is 192 Å². The lowest BCUT2D eigenvalue weighted by atomic mass is 9.65. The molecule has 0 saturated carbocycles. The van der Waals surface area contributed by atoms with Gasteiger partial charge in [-0.2, -0.15) is 0 Å². The van der Waals surface area contributed by atoms with Gasteiger partial charge in [0.05, 0.1) is 0 Å². The number of benzene rings is 3. The largest absolute Gasteiger partial charge is 0.401 e. The number of hydrogen-bond acceptors (Lipinski definition) is 4. The highest BCUT2D eigenvalue weighted by atomic mass is 28.4. The van der Waals surface area contributed by atoms with Crippen molar-refractivity contribution in [3.8, 4) is 0 Å². The summed E-state index contributed by atoms with van der Waals surface area (Å²) in [5.41, 5.74) is 0.788. The van der Waals surface area contributed by atoms with Gasteiger partial charge >= 0.3 is 0 Å². The van der Waals surface area contributed by atoms with Crippen molar-refractivity contribution in [2.75, 3.05) is 21.3 Å². The van der Waals surface area contributed by atoms with Crippen LogP contribution >= 0.6 is 0 Å². The van der Waals surface area contributed by atoms with Crippen LogP contribution in [0.1, 0.15) is 16.7 Å². The molecule has 4 nitrogen and oxygen atoms in total. The van der Waals surface area contributed by atoms with E-state index in [1.54, 1.807) is 21.3 Å². The summed E-state index contributed by atoms with van der Waals surface area (Å²) in [4.78, 5) is 0. The maximum absolute atomic E-state index is 7.31. The van der Waals surface area contributed by atoms with E-state index in [0.717, 1.165) is 16.7 Å². The van der Waals surface area contributed by atoms with E-state index in [-0.39, 0.29) is 0 Å². The Morgan fingerprint density at radius 2 is 1.03 bits per heavy atom. The van der Waals surface area contributed by atoms with Crippen LogP contribution < -0.4 is 0 Å². The van der Waals surface area contributed by atoms with E-state index in [0.29, 0.717) is 6.04 Å². The Bertz CT molecular complexity index is 980. The minimum atomic E-state index is -2.34. The molecule has 1 aliphatic rings. The Kier molecular flexibility index (Phi) is 6.14. The average Bonchev–Trinajstić information content (AvgIpc) is 2.84. The SMILES string of the molecule is COC1(OC)C[Si](C)(C)OC(c2ccccc2)(c2ccccc2)C1(OC)c1ccccc1. The molecule has 0 N–H and O–H groups in total. The number of ether oxygens (including phenoxy) is 3. The highest BCUT2D eigenvalue weighted by molar-refractivity contribution is 6.71. The molecule has 32 heavy (non-hydrogen) atoms. The molecule has 1 saturated heterocycles. The first kappa shape index (κ1) is 22.9. The zero-order valence-corrected chi connectivity index (χ0v) is 20.5. The second-order valence-corrected chi connectivity index (χ2v) is 12.9. The Hall–Kier alpha value is -2.28. The van der Waals surface area contributed by atoms with E-state index < -0.39 is 25.3 Å². The predicted molar refractivity (Wildman–Crippen MR) is 129 cm³/mol. The molecule has 1 fully saturated rings. The lowest BCUT2D eigenvalue weighted by molar-refractivity contribution is -0.358. The van der Waals surface area contributed by atoms with E-state index in [1.807, 2.05) is 54.6 Å². The van der Waals surface area contributed by atoms with Crippen LogP contribution in [0.2, 0.25) is 19.1 Å². The van der Waals surface area contributed by atoms with Crippen molar-refractivity contribution in [2.45, 2.75) is 36.1 Å². The van der Waals surface area contributed by atoms with E-state index in [2.05, 4.69) is 49.5 Å². The van der Waals surface area contributed by atoms with E-state index in [9.17, 15) is 0 Å². The monoisotopic (exact) mass is 448 g/mol. The summed E-state index contributed by atoms with van der Waals surface area (Å²) >= 11 is 0. The molecule has 1 atom stereocenters. The van der Waals surface area contributed by atoms with E-state index >= 15 is 0 Å². The Morgan fingerprint density at radius 3 is 1.41 bits per heavy atom. The molecule has 1 aliphatic heterocycles. The van der Waals surface area contributed by atoms with Gasteiger partial charge in [-0.1, -0.05) is 91.0 Å². The zero-order chi connectivity index (χ0) is 22.9. The molecule has 0 spiro atoms. The molecule has 3 aromatic carbocycles. The lowest BCUT2D eigenvalue weighted by Gasteiger charge is -2.63. The van der Waals surface area contributed by atoms with E-state index in [4.69, 9.17) is 18.6 Å². The van der Waals surface area contributed by atoms with Gasteiger partial charge in [0.25, 0.3) is 0 Å². The van der Waals surface area contributed by atoms with Crippen molar-refractivity contribution in [3.05, 3.63) is 108 Å². The third kappa shape index (κ3) is 3.19. The molecule has 0 aromatic heterocycles. The summed E-state index contributed by atoms with van der Waals surface area (Å²) in [5, 5.41) is 0. The molecule has 0 radical (unpaired) electrons. The van der Waals surface area contributed by atoms with Crippen molar-refractivity contribution in [1.29, 1.82) is 0 Å². The zero-order valence-electron chi connectivity index (χ0n) is 19.5. The van der Waals surface area contributed by atoms with Crippen LogP contribution in [-0.4, -0.2) is 35.4 Å². The van der Waals surface area contributed by atoms with Gasteiger partial charge in [0.2, 0.25) is 5.79 Å². The fraction of sp³-hybridized carbons (Fsp3) is 0.333. The summed E-state index contributed by atoms with van der Waals surface area (Å²) < 4.78 is 26.6. The van der Waals surface area contributed by atoms with Crippen molar-refractivity contribution in [3.63, 3.8) is 0 Å². The number of rotatable bonds is 6. The standard InChI is InChI=1S/C27H32O4Si/c1-28-25(29-2)21-32(4,5)31-26(22-15-9-6-10-16-22,23-17-11-7-12-18-23)27(25,30-3)24-19-13-8-14-20-24/h6-20H,21H2,1-5H3. The molecule has 5 heteroatoms. The molecule has 4 rings (SSSR count). The second-order valence-electron chi connectivity index (χ2n) is 8.86. The average molecular weight is 449 g/mol. The van der Waals surface area contributed by atoms with Crippen LogP contribution in [0.5, 0.6) is 0 Å². The van der Waals surface area contributed by atoms with Crippen LogP contribution in [0.4, 0.5) is 0 Å². The van der Waals surface area contributed by atoms with Gasteiger partial charge in [0.1, 0.15) is 5.60 Å². The smallest absolute Gasteiger partial charge is 0.204 e. The fourth-order valence-electron chi connectivity index (χ4n) is 5.54. The van der Waals surface area contributed by atoms with Gasteiger partial charge < -0.3 is 18.6 Å². The molecule has 0 bridgehead atoms. The maximum Gasteiger partial charge on any atom is 0.204 e. The second kappa shape index (κ2) is 8.58. The summed E-state index contributed by atoms with van der Waals surface area (Å²) in [6.45, 7) is 4.43. The third-order valence-electron chi connectivity index (χ3n) is 6.63. The summed E-state index contributed by atoms with van der Waals surface area (Å²) in [6.07, 6.45) is 0. The minimum Gasteiger partial charge on any atom is -0.401 e. The Balaban J connectivity index is 2.22. The number of hydrogen-bond donors (Lipinski definition) is 0. The van der Waals surface area contributed by atoms with Crippen molar-refractivity contribution in [2.24, 2.45) is 0 Å². The highest BCUT2D eigenvalue weighted by Crippen LogP contribution is 2.63. The normalized spacial score (nSPS) is 23.5. The maximum atomic E-state index is 7.31. The molecule has 1 unspecified atom stereocenters. The van der Waals surface area contributed by atoms with Crippen LogP contribution in [-0.2, 0) is 29.8 Å². The minimum absolute atomic E-state index is 0.608. The van der Waals surface area contributed by atoms with Gasteiger partial charge in [0, 0.05) is 27.4 Å². The highest BCUT2D eigenvalue weighted by Gasteiger charge is 2.74. The lowest BCUT2D eigenvalue weighted by Crippen LogP contribution is -2.74. The fourth-order valence-corrected chi connectivity index (χ4v) is 8.48. The summed E-state index contributed by atoms with van der Waals surface area (Å²) in [6, 6.07) is 31.4. The topological polar surface area (TPSA) is 36.9 Å². The molecule has 168 valence electrons. The van der Waals surface area contributed by atoms with Crippen LogP contribution in [0.3, 0.4) is 0 Å². The summed E-state index contributed by atoms with van der Waals surface area (Å²) in [7, 11) is 2.80. The quantitative estimate of drug-likeness (QED) is 0.358. The van der Waals surface area contributed by atoms with Gasteiger partial charge in [-0.3, -0.25) is 0 Å². The van der Waals surface area contributed by atoms with Gasteiger partial charge in [-0.25, -0.2) is 0 Å². The molecule has 0 aliphatic carbocycles. The first-order valence-electron chi connectivity index (χ1n) is 10.9. The third-order valence-corrected chi connectivity index (χ3v) is 8.80. The van der Waals surface area contributed by atoms with Crippen LogP contribution in [0.25, 0.3) is 0 Å². The Morgan fingerprint density at radius 1 is 0.625 bits per heavy atom. The van der Waals surface area contributed by atoms with Crippen LogP contribution in [0.15, 0.2) is 91.0 Å². The predicted octanol–water partition coefficient (Wildman–Crippen LogP) is 5.70. The van der Waals surface area contributed by atoms with Crippen molar-refractivity contribution in [1.82, 2.24) is 0 Å². The molecule has 3 aromatic rings. The van der Waals surface area contributed by atoms with Crippen molar-refractivity contribution < 1.29 is 18.6 Å². The molecular weight excluding hydrogens is 416 g/mol. The molecule has 0 amide bonds. The molecule has 1 heterocycles. The first-order valence-corrected chi connectivity index (χ1v) is 14.0. The first-order chi connectivity index (χ1) is 15.4. The molecular formula is C27H32O4Si. The van der Waals surface area contributed by atoms with E-state index in [1.165, 1.54) is 0 Å². The van der Waals surface area contributed by atoms with Gasteiger partial charge in [-0.15, -0.1) is 0 Å². The van der Waals surface area contributed by atoms with Crippen molar-refractivity contribution >= 4 is 8.32 Å².